The maximum atomic E-state index is 12.3. The number of rotatable bonds is 3. The van der Waals surface area contributed by atoms with E-state index in [4.69, 9.17) is 23.2 Å². The molecule has 6 nitrogen and oxygen atoms in total. The average molecular weight is 388 g/mol. The lowest BCUT2D eigenvalue weighted by molar-refractivity contribution is -0.206. The fraction of sp³-hybridized carbons (Fsp3) is 0.538. The Kier molecular flexibility index (Phi) is 5.67. The third kappa shape index (κ3) is 4.14. The Balaban J connectivity index is 2.09. The van der Waals surface area contributed by atoms with Crippen molar-refractivity contribution < 1.29 is 27.5 Å². The maximum Gasteiger partial charge on any atom is 0.490 e. The Labute approximate surface area is 145 Å². The van der Waals surface area contributed by atoms with Gasteiger partial charge in [0.15, 0.2) is 0 Å². The predicted molar refractivity (Wildman–Crippen MR) is 80.2 cm³/mol. The molecule has 2 heterocycles. The summed E-state index contributed by atoms with van der Waals surface area (Å²) in [6, 6.07) is -0.788. The molecule has 1 aliphatic rings. The van der Waals surface area contributed by atoms with E-state index >= 15 is 0 Å². The minimum absolute atomic E-state index is 0.00130. The lowest BCUT2D eigenvalue weighted by atomic mass is 10.0. The summed E-state index contributed by atoms with van der Waals surface area (Å²) < 4.78 is 41.5. The molecule has 2 unspecified atom stereocenters. The molecule has 1 aromatic rings. The second kappa shape index (κ2) is 7.20. The molecule has 1 aliphatic heterocycles. The molecule has 3 N–H and O–H groups in total. The first kappa shape index (κ1) is 18.9. The van der Waals surface area contributed by atoms with Crippen molar-refractivity contribution in [3.63, 3.8) is 0 Å². The fourth-order valence-corrected chi connectivity index (χ4v) is 2.71. The molecule has 1 aromatic heterocycles. The minimum atomic E-state index is -5.10. The SMILES string of the molecule is Cc1[nH]c(C(=O)NC2CCNCC2OC(=O)C(F)(F)F)c(Cl)c1Cl. The Morgan fingerprint density at radius 3 is 2.50 bits per heavy atom. The first-order valence-electron chi connectivity index (χ1n) is 6.94. The van der Waals surface area contributed by atoms with Gasteiger partial charge >= 0.3 is 12.1 Å². The van der Waals surface area contributed by atoms with Crippen LogP contribution in [0.4, 0.5) is 13.2 Å². The first-order valence-corrected chi connectivity index (χ1v) is 7.69. The summed E-state index contributed by atoms with van der Waals surface area (Å²) >= 11 is 11.8. The predicted octanol–water partition coefficient (Wildman–Crippen LogP) is 2.20. The molecule has 134 valence electrons. The molecule has 0 saturated carbocycles. The number of hydrogen-bond donors (Lipinski definition) is 3. The van der Waals surface area contributed by atoms with E-state index in [1.54, 1.807) is 6.92 Å². The molecule has 11 heteroatoms. The Morgan fingerprint density at radius 1 is 1.29 bits per heavy atom. The number of carbonyl (C=O) groups is 2. The van der Waals surface area contributed by atoms with Crippen LogP contribution in [0, 0.1) is 6.92 Å². The third-order valence-corrected chi connectivity index (χ3v) is 4.46. The number of hydrogen-bond acceptors (Lipinski definition) is 4. The number of aromatic amines is 1. The molecule has 0 spiro atoms. The van der Waals surface area contributed by atoms with Crippen molar-refractivity contribution in [1.29, 1.82) is 0 Å². The van der Waals surface area contributed by atoms with Gasteiger partial charge in [0.25, 0.3) is 5.91 Å². The topological polar surface area (TPSA) is 83.2 Å². The first-order chi connectivity index (χ1) is 11.1. The van der Waals surface area contributed by atoms with Crippen LogP contribution in [0.25, 0.3) is 0 Å². The summed E-state index contributed by atoms with van der Waals surface area (Å²) in [5, 5.41) is 5.54. The highest BCUT2D eigenvalue weighted by Crippen LogP contribution is 2.29. The molecule has 24 heavy (non-hydrogen) atoms. The van der Waals surface area contributed by atoms with E-state index in [0.717, 1.165) is 0 Å². The largest absolute Gasteiger partial charge is 0.490 e. The quantitative estimate of drug-likeness (QED) is 0.694. The van der Waals surface area contributed by atoms with Gasteiger partial charge in [0.1, 0.15) is 11.8 Å². The normalized spacial score (nSPS) is 21.4. The molecule has 0 aliphatic carbocycles. The van der Waals surface area contributed by atoms with E-state index in [1.165, 1.54) is 0 Å². The molecule has 2 atom stereocenters. The van der Waals surface area contributed by atoms with E-state index in [2.05, 4.69) is 20.4 Å². The number of carbonyl (C=O) groups excluding carboxylic acids is 2. The van der Waals surface area contributed by atoms with Crippen LogP contribution in [0.3, 0.4) is 0 Å². The van der Waals surface area contributed by atoms with Gasteiger partial charge in [-0.15, -0.1) is 0 Å². The highest BCUT2D eigenvalue weighted by molar-refractivity contribution is 6.44. The third-order valence-electron chi connectivity index (χ3n) is 3.51. The van der Waals surface area contributed by atoms with Gasteiger partial charge in [-0.2, -0.15) is 13.2 Å². The zero-order valence-corrected chi connectivity index (χ0v) is 13.9. The summed E-state index contributed by atoms with van der Waals surface area (Å²) in [6.45, 7) is 2.05. The maximum absolute atomic E-state index is 12.3. The number of ether oxygens (including phenoxy) is 1. The molecule has 0 aromatic carbocycles. The molecular weight excluding hydrogens is 374 g/mol. The van der Waals surface area contributed by atoms with Crippen molar-refractivity contribution in [2.45, 2.75) is 31.7 Å². The van der Waals surface area contributed by atoms with Gasteiger partial charge in [-0.3, -0.25) is 4.79 Å². The van der Waals surface area contributed by atoms with Crippen LogP contribution >= 0.6 is 23.2 Å². The highest BCUT2D eigenvalue weighted by Gasteiger charge is 2.44. The van der Waals surface area contributed by atoms with Crippen molar-refractivity contribution in [2.75, 3.05) is 13.1 Å². The smallest absolute Gasteiger partial charge is 0.452 e. The van der Waals surface area contributed by atoms with Crippen LogP contribution in [0.15, 0.2) is 0 Å². The summed E-state index contributed by atoms with van der Waals surface area (Å²) in [5.74, 6) is -2.94. The number of piperidine rings is 1. The monoisotopic (exact) mass is 387 g/mol. The number of halogens is 5. The van der Waals surface area contributed by atoms with Gasteiger partial charge in [-0.25, -0.2) is 4.79 Å². The van der Waals surface area contributed by atoms with E-state index in [0.29, 0.717) is 12.2 Å². The molecule has 2 rings (SSSR count). The number of aryl methyl sites for hydroxylation is 1. The van der Waals surface area contributed by atoms with E-state index in [-0.39, 0.29) is 28.7 Å². The molecule has 1 amide bonds. The van der Waals surface area contributed by atoms with Crippen LogP contribution in [-0.2, 0) is 9.53 Å². The zero-order valence-electron chi connectivity index (χ0n) is 12.4. The molecule has 0 radical (unpaired) electrons. The highest BCUT2D eigenvalue weighted by atomic mass is 35.5. The number of nitrogens with one attached hydrogen (secondary N) is 3. The lowest BCUT2D eigenvalue weighted by Gasteiger charge is -2.32. The number of H-pyrrole nitrogens is 1. The van der Waals surface area contributed by atoms with Gasteiger partial charge in [0.05, 0.1) is 16.1 Å². The van der Waals surface area contributed by atoms with Gasteiger partial charge < -0.3 is 20.4 Å². The molecule has 1 fully saturated rings. The Morgan fingerprint density at radius 2 is 1.96 bits per heavy atom. The van der Waals surface area contributed by atoms with Crippen LogP contribution in [0.1, 0.15) is 22.6 Å². The Bertz CT molecular complexity index is 648. The summed E-state index contributed by atoms with van der Waals surface area (Å²) in [7, 11) is 0. The molecular formula is C13H14Cl2F3N3O3. The summed E-state index contributed by atoms with van der Waals surface area (Å²) in [4.78, 5) is 26.0. The van der Waals surface area contributed by atoms with E-state index < -0.39 is 30.2 Å². The van der Waals surface area contributed by atoms with Crippen molar-refractivity contribution >= 4 is 35.1 Å². The molecule has 0 bridgehead atoms. The summed E-state index contributed by atoms with van der Waals surface area (Å²) in [5.41, 5.74) is 0.482. The standard InChI is InChI=1S/C13H14Cl2F3N3O3/c1-5-8(14)9(15)10(20-5)11(22)21-6-2-3-19-4-7(6)24-12(23)13(16,17)18/h6-7,19-20H,2-4H2,1H3,(H,21,22). The number of alkyl halides is 3. The van der Waals surface area contributed by atoms with Crippen molar-refractivity contribution in [3.05, 3.63) is 21.4 Å². The number of esters is 1. The molecule has 1 saturated heterocycles. The number of amides is 1. The van der Waals surface area contributed by atoms with Crippen LogP contribution < -0.4 is 10.6 Å². The zero-order chi connectivity index (χ0) is 18.1. The van der Waals surface area contributed by atoms with Crippen LogP contribution in [0.2, 0.25) is 10.0 Å². The van der Waals surface area contributed by atoms with Crippen LogP contribution in [0.5, 0.6) is 0 Å². The van der Waals surface area contributed by atoms with E-state index in [9.17, 15) is 22.8 Å². The van der Waals surface area contributed by atoms with Gasteiger partial charge in [-0.05, 0) is 19.9 Å². The van der Waals surface area contributed by atoms with Crippen LogP contribution in [-0.4, -0.2) is 48.3 Å². The van der Waals surface area contributed by atoms with Gasteiger partial charge in [0, 0.05) is 12.2 Å². The Hall–Kier alpha value is -1.45. The lowest BCUT2D eigenvalue weighted by Crippen LogP contribution is -2.55. The van der Waals surface area contributed by atoms with Crippen molar-refractivity contribution in [3.8, 4) is 0 Å². The second-order valence-electron chi connectivity index (χ2n) is 5.27. The summed E-state index contributed by atoms with van der Waals surface area (Å²) in [6.07, 6.45) is -5.96. The number of aromatic nitrogens is 1. The van der Waals surface area contributed by atoms with Crippen molar-refractivity contribution in [1.82, 2.24) is 15.6 Å². The average Bonchev–Trinajstić information content (AvgIpc) is 2.76. The van der Waals surface area contributed by atoms with Gasteiger partial charge in [0.2, 0.25) is 0 Å². The minimum Gasteiger partial charge on any atom is -0.452 e. The van der Waals surface area contributed by atoms with E-state index in [1.807, 2.05) is 0 Å². The second-order valence-corrected chi connectivity index (χ2v) is 6.02. The van der Waals surface area contributed by atoms with Crippen molar-refractivity contribution in [2.24, 2.45) is 0 Å². The fourth-order valence-electron chi connectivity index (χ4n) is 2.29. The van der Waals surface area contributed by atoms with Gasteiger partial charge in [-0.1, -0.05) is 23.2 Å².